The van der Waals surface area contributed by atoms with Gasteiger partial charge in [0.15, 0.2) is 0 Å². The second-order valence-electron chi connectivity index (χ2n) is 4.72. The quantitative estimate of drug-likeness (QED) is 0.879. The number of rotatable bonds is 6. The van der Waals surface area contributed by atoms with Crippen LogP contribution in [0.5, 0.6) is 0 Å². The fraction of sp³-hybridized carbons (Fsp3) is 0.400. The Balaban J connectivity index is 2.35. The highest BCUT2D eigenvalue weighted by molar-refractivity contribution is 5.30. The SMILES string of the molecule is CCCNC(c1cc(F)cc(F)c1)c1cnn(CC)c1. The average Bonchev–Trinajstić information content (AvgIpc) is 2.87. The highest BCUT2D eigenvalue weighted by Crippen LogP contribution is 2.23. The summed E-state index contributed by atoms with van der Waals surface area (Å²) in [6.45, 7) is 5.57. The minimum Gasteiger partial charge on any atom is -0.306 e. The molecule has 0 aliphatic rings. The van der Waals surface area contributed by atoms with Gasteiger partial charge in [-0.25, -0.2) is 8.78 Å². The molecule has 3 nitrogen and oxygen atoms in total. The molecule has 0 fully saturated rings. The van der Waals surface area contributed by atoms with Crippen LogP contribution >= 0.6 is 0 Å². The molecule has 0 spiro atoms. The van der Waals surface area contributed by atoms with Crippen LogP contribution < -0.4 is 5.32 Å². The molecule has 1 heterocycles. The molecular formula is C15H19F2N3. The van der Waals surface area contributed by atoms with Gasteiger partial charge in [0.05, 0.1) is 12.2 Å². The topological polar surface area (TPSA) is 29.9 Å². The molecule has 1 N–H and O–H groups in total. The molecule has 108 valence electrons. The summed E-state index contributed by atoms with van der Waals surface area (Å²) in [6, 6.07) is 3.36. The van der Waals surface area contributed by atoms with Crippen LogP contribution in [0.1, 0.15) is 37.4 Å². The minimum absolute atomic E-state index is 0.250. The third kappa shape index (κ3) is 3.42. The Hall–Kier alpha value is -1.75. The minimum atomic E-state index is -0.564. The highest BCUT2D eigenvalue weighted by Gasteiger charge is 2.17. The van der Waals surface area contributed by atoms with E-state index in [4.69, 9.17) is 0 Å². The van der Waals surface area contributed by atoms with E-state index in [9.17, 15) is 8.78 Å². The van der Waals surface area contributed by atoms with E-state index in [1.165, 1.54) is 12.1 Å². The van der Waals surface area contributed by atoms with Crippen LogP contribution in [-0.2, 0) is 6.54 Å². The lowest BCUT2D eigenvalue weighted by molar-refractivity contribution is 0.558. The standard InChI is InChI=1S/C15H19F2N3/c1-3-5-18-15(12-9-19-20(4-2)10-12)11-6-13(16)8-14(17)7-11/h6-10,15,18H,3-5H2,1-2H3. The van der Waals surface area contributed by atoms with E-state index in [2.05, 4.69) is 10.4 Å². The molecule has 0 saturated heterocycles. The zero-order chi connectivity index (χ0) is 14.5. The summed E-state index contributed by atoms with van der Waals surface area (Å²) < 4.78 is 28.6. The zero-order valence-electron chi connectivity index (χ0n) is 11.7. The van der Waals surface area contributed by atoms with Gasteiger partial charge in [0.25, 0.3) is 0 Å². The molecule has 20 heavy (non-hydrogen) atoms. The first-order chi connectivity index (χ1) is 9.63. The molecule has 1 aromatic carbocycles. The van der Waals surface area contributed by atoms with E-state index in [1.54, 1.807) is 10.9 Å². The first-order valence-corrected chi connectivity index (χ1v) is 6.85. The van der Waals surface area contributed by atoms with Gasteiger partial charge in [-0.1, -0.05) is 6.92 Å². The summed E-state index contributed by atoms with van der Waals surface area (Å²) in [7, 11) is 0. The van der Waals surface area contributed by atoms with Crippen molar-refractivity contribution in [3.8, 4) is 0 Å². The first-order valence-electron chi connectivity index (χ1n) is 6.85. The van der Waals surface area contributed by atoms with Crippen molar-refractivity contribution in [3.05, 3.63) is 53.4 Å². The number of nitrogens with one attached hydrogen (secondary N) is 1. The third-order valence-electron chi connectivity index (χ3n) is 3.13. The molecule has 1 unspecified atom stereocenters. The van der Waals surface area contributed by atoms with E-state index in [1.807, 2.05) is 20.0 Å². The fourth-order valence-corrected chi connectivity index (χ4v) is 2.16. The predicted molar refractivity (Wildman–Crippen MR) is 74.4 cm³/mol. The lowest BCUT2D eigenvalue weighted by Gasteiger charge is -2.18. The van der Waals surface area contributed by atoms with Crippen molar-refractivity contribution in [2.24, 2.45) is 0 Å². The second-order valence-corrected chi connectivity index (χ2v) is 4.72. The summed E-state index contributed by atoms with van der Waals surface area (Å²) >= 11 is 0. The number of hydrogen-bond acceptors (Lipinski definition) is 2. The lowest BCUT2D eigenvalue weighted by atomic mass is 10.0. The maximum Gasteiger partial charge on any atom is 0.126 e. The summed E-state index contributed by atoms with van der Waals surface area (Å²) in [4.78, 5) is 0. The lowest BCUT2D eigenvalue weighted by Crippen LogP contribution is -2.23. The van der Waals surface area contributed by atoms with E-state index < -0.39 is 11.6 Å². The van der Waals surface area contributed by atoms with Gasteiger partial charge in [0.2, 0.25) is 0 Å². The van der Waals surface area contributed by atoms with Crippen LogP contribution in [-0.4, -0.2) is 16.3 Å². The van der Waals surface area contributed by atoms with Crippen LogP contribution in [0.3, 0.4) is 0 Å². The van der Waals surface area contributed by atoms with Gasteiger partial charge in [-0.3, -0.25) is 4.68 Å². The number of hydrogen-bond donors (Lipinski definition) is 1. The van der Waals surface area contributed by atoms with Gasteiger partial charge in [-0.15, -0.1) is 0 Å². The van der Waals surface area contributed by atoms with Gasteiger partial charge in [0.1, 0.15) is 11.6 Å². The maximum absolute atomic E-state index is 13.4. The van der Waals surface area contributed by atoms with Crippen molar-refractivity contribution in [3.63, 3.8) is 0 Å². The van der Waals surface area contributed by atoms with E-state index in [0.29, 0.717) is 5.56 Å². The average molecular weight is 279 g/mol. The zero-order valence-corrected chi connectivity index (χ0v) is 11.7. The second kappa shape index (κ2) is 6.61. The molecule has 0 saturated carbocycles. The number of aryl methyl sites for hydroxylation is 1. The Morgan fingerprint density at radius 3 is 2.40 bits per heavy atom. The summed E-state index contributed by atoms with van der Waals surface area (Å²) in [5.74, 6) is -1.13. The Labute approximate surface area is 117 Å². The summed E-state index contributed by atoms with van der Waals surface area (Å²) in [6.07, 6.45) is 4.58. The normalized spacial score (nSPS) is 12.6. The smallest absolute Gasteiger partial charge is 0.126 e. The monoisotopic (exact) mass is 279 g/mol. The van der Waals surface area contributed by atoms with Gasteiger partial charge in [0, 0.05) is 24.4 Å². The number of nitrogens with zero attached hydrogens (tertiary/aromatic N) is 2. The Morgan fingerprint density at radius 1 is 1.15 bits per heavy atom. The molecule has 0 radical (unpaired) electrons. The van der Waals surface area contributed by atoms with Crippen LogP contribution in [0.25, 0.3) is 0 Å². The van der Waals surface area contributed by atoms with Gasteiger partial charge in [-0.05, 0) is 37.6 Å². The van der Waals surface area contributed by atoms with Crippen molar-refractivity contribution in [1.29, 1.82) is 0 Å². The molecule has 0 aliphatic heterocycles. The van der Waals surface area contributed by atoms with Crippen LogP contribution in [0.15, 0.2) is 30.6 Å². The summed E-state index contributed by atoms with van der Waals surface area (Å²) in [5, 5.41) is 7.53. The number of aromatic nitrogens is 2. The van der Waals surface area contributed by atoms with Crippen LogP contribution in [0, 0.1) is 11.6 Å². The maximum atomic E-state index is 13.4. The summed E-state index contributed by atoms with van der Waals surface area (Å²) in [5.41, 5.74) is 1.48. The van der Waals surface area contributed by atoms with Crippen LogP contribution in [0.2, 0.25) is 0 Å². The van der Waals surface area contributed by atoms with Crippen molar-refractivity contribution < 1.29 is 8.78 Å². The van der Waals surface area contributed by atoms with E-state index >= 15 is 0 Å². The van der Waals surface area contributed by atoms with Crippen molar-refractivity contribution in [1.82, 2.24) is 15.1 Å². The van der Waals surface area contributed by atoms with E-state index in [0.717, 1.165) is 31.1 Å². The molecule has 0 bridgehead atoms. The van der Waals surface area contributed by atoms with Gasteiger partial charge in [-0.2, -0.15) is 5.10 Å². The Bertz CT molecular complexity index is 546. The molecular weight excluding hydrogens is 260 g/mol. The Kier molecular flexibility index (Phi) is 4.84. The van der Waals surface area contributed by atoms with Crippen LogP contribution in [0.4, 0.5) is 8.78 Å². The largest absolute Gasteiger partial charge is 0.306 e. The molecule has 5 heteroatoms. The number of benzene rings is 1. The molecule has 1 aromatic heterocycles. The highest BCUT2D eigenvalue weighted by atomic mass is 19.1. The van der Waals surface area contributed by atoms with Crippen molar-refractivity contribution in [2.45, 2.75) is 32.9 Å². The molecule has 2 aromatic rings. The number of halogens is 2. The predicted octanol–water partition coefficient (Wildman–Crippen LogP) is 3.27. The first kappa shape index (κ1) is 14.7. The molecule has 1 atom stereocenters. The Morgan fingerprint density at radius 2 is 1.85 bits per heavy atom. The van der Waals surface area contributed by atoms with Gasteiger partial charge < -0.3 is 5.32 Å². The van der Waals surface area contributed by atoms with Gasteiger partial charge >= 0.3 is 0 Å². The van der Waals surface area contributed by atoms with Crippen molar-refractivity contribution in [2.75, 3.05) is 6.54 Å². The van der Waals surface area contributed by atoms with E-state index in [-0.39, 0.29) is 6.04 Å². The molecule has 0 amide bonds. The fourth-order valence-electron chi connectivity index (χ4n) is 2.16. The van der Waals surface area contributed by atoms with Crippen molar-refractivity contribution >= 4 is 0 Å². The molecule has 0 aliphatic carbocycles. The third-order valence-corrected chi connectivity index (χ3v) is 3.13. The molecule has 2 rings (SSSR count).